The van der Waals surface area contributed by atoms with Crippen LogP contribution in [0.2, 0.25) is 0 Å². The van der Waals surface area contributed by atoms with Gasteiger partial charge in [0.05, 0.1) is 17.0 Å². The Labute approximate surface area is 147 Å². The second-order valence-electron chi connectivity index (χ2n) is 7.15. The molecule has 1 aliphatic carbocycles. The molecule has 0 spiro atoms. The summed E-state index contributed by atoms with van der Waals surface area (Å²) in [6.45, 7) is 1.22. The van der Waals surface area contributed by atoms with E-state index in [-0.39, 0.29) is 17.7 Å². The van der Waals surface area contributed by atoms with Crippen molar-refractivity contribution in [2.45, 2.75) is 38.1 Å². The van der Waals surface area contributed by atoms with Gasteiger partial charge in [0.25, 0.3) is 0 Å². The summed E-state index contributed by atoms with van der Waals surface area (Å²) in [6.07, 6.45) is 4.22. The summed E-state index contributed by atoms with van der Waals surface area (Å²) in [5.74, 6) is 1.01. The first-order valence-electron chi connectivity index (χ1n) is 9.11. The van der Waals surface area contributed by atoms with Gasteiger partial charge in [0.15, 0.2) is 0 Å². The number of carbonyl (C=O) groups excluding carboxylic acids is 2. The molecule has 2 fully saturated rings. The lowest BCUT2D eigenvalue weighted by Crippen LogP contribution is -2.34. The van der Waals surface area contributed by atoms with Gasteiger partial charge in [-0.15, -0.1) is 0 Å². The van der Waals surface area contributed by atoms with Crippen LogP contribution >= 0.6 is 0 Å². The number of aromatic nitrogens is 2. The number of likely N-dealkylation sites (tertiary alicyclic amines) is 1. The Bertz CT molecular complexity index is 809. The normalized spacial score (nSPS) is 20.4. The molecule has 6 nitrogen and oxygen atoms in total. The van der Waals surface area contributed by atoms with E-state index in [1.165, 1.54) is 0 Å². The lowest BCUT2D eigenvalue weighted by Gasteiger charge is -2.15. The van der Waals surface area contributed by atoms with Gasteiger partial charge in [0.2, 0.25) is 11.8 Å². The number of rotatable bonds is 6. The number of carbonyl (C=O) groups is 2. The number of fused-ring (bicyclic) bond motifs is 1. The van der Waals surface area contributed by atoms with E-state index >= 15 is 0 Å². The van der Waals surface area contributed by atoms with E-state index in [1.807, 2.05) is 30.1 Å². The number of para-hydroxylation sites is 2. The van der Waals surface area contributed by atoms with Gasteiger partial charge in [-0.1, -0.05) is 12.1 Å². The summed E-state index contributed by atoms with van der Waals surface area (Å²) in [4.78, 5) is 30.8. The number of nitrogens with zero attached hydrogens (tertiary/aromatic N) is 3. The Morgan fingerprint density at radius 3 is 2.88 bits per heavy atom. The van der Waals surface area contributed by atoms with Gasteiger partial charge in [-0.2, -0.15) is 0 Å². The van der Waals surface area contributed by atoms with E-state index in [9.17, 15) is 9.59 Å². The van der Waals surface area contributed by atoms with Crippen LogP contribution in [0.3, 0.4) is 0 Å². The molecule has 1 atom stereocenters. The number of aryl methyl sites for hydroxylation is 2. The standard InChI is InChI=1S/C19H24N4O2/c1-22-16-6-3-2-5-15(16)21-17(22)7-4-10-20-19(25)13-11-18(24)23(12-13)14-8-9-14/h2-3,5-6,13-14H,4,7-12H2,1H3,(H,20,25)/t13-/m1/s1. The fourth-order valence-electron chi connectivity index (χ4n) is 3.67. The Kier molecular flexibility index (Phi) is 4.19. The number of benzene rings is 1. The second-order valence-corrected chi connectivity index (χ2v) is 7.15. The molecule has 6 heteroatoms. The van der Waals surface area contributed by atoms with Crippen LogP contribution in [0.5, 0.6) is 0 Å². The first-order chi connectivity index (χ1) is 12.1. The highest BCUT2D eigenvalue weighted by molar-refractivity contribution is 5.89. The van der Waals surface area contributed by atoms with Gasteiger partial charge in [0, 0.05) is 39.0 Å². The van der Waals surface area contributed by atoms with E-state index < -0.39 is 0 Å². The Balaban J connectivity index is 1.25. The van der Waals surface area contributed by atoms with Crippen LogP contribution in [0.25, 0.3) is 11.0 Å². The molecule has 2 aromatic rings. The molecule has 1 aliphatic heterocycles. The third-order valence-electron chi connectivity index (χ3n) is 5.27. The van der Waals surface area contributed by atoms with Gasteiger partial charge in [0.1, 0.15) is 5.82 Å². The maximum absolute atomic E-state index is 12.3. The average Bonchev–Trinajstić information content (AvgIpc) is 3.31. The number of nitrogens with one attached hydrogen (secondary N) is 1. The highest BCUT2D eigenvalue weighted by atomic mass is 16.2. The highest BCUT2D eigenvalue weighted by Crippen LogP contribution is 2.32. The minimum absolute atomic E-state index is 0.0153. The summed E-state index contributed by atoms with van der Waals surface area (Å²) >= 11 is 0. The monoisotopic (exact) mass is 340 g/mol. The van der Waals surface area contributed by atoms with Crippen LogP contribution in [0.15, 0.2) is 24.3 Å². The smallest absolute Gasteiger partial charge is 0.225 e. The Morgan fingerprint density at radius 1 is 1.32 bits per heavy atom. The van der Waals surface area contributed by atoms with Gasteiger partial charge in [-0.3, -0.25) is 9.59 Å². The second kappa shape index (κ2) is 6.50. The van der Waals surface area contributed by atoms with Crippen LogP contribution in [0.4, 0.5) is 0 Å². The maximum atomic E-state index is 12.3. The van der Waals surface area contributed by atoms with Crippen molar-refractivity contribution in [2.75, 3.05) is 13.1 Å². The number of amides is 2. The molecule has 0 unspecified atom stereocenters. The van der Waals surface area contributed by atoms with Gasteiger partial charge < -0.3 is 14.8 Å². The van der Waals surface area contributed by atoms with Crippen molar-refractivity contribution in [1.29, 1.82) is 0 Å². The van der Waals surface area contributed by atoms with Crippen molar-refractivity contribution in [3.63, 3.8) is 0 Å². The van der Waals surface area contributed by atoms with Crippen molar-refractivity contribution in [1.82, 2.24) is 19.8 Å². The predicted molar refractivity (Wildman–Crippen MR) is 94.9 cm³/mol. The summed E-state index contributed by atoms with van der Waals surface area (Å²) < 4.78 is 2.11. The summed E-state index contributed by atoms with van der Waals surface area (Å²) in [6, 6.07) is 8.50. The molecule has 1 aromatic carbocycles. The molecule has 1 saturated heterocycles. The Morgan fingerprint density at radius 2 is 2.12 bits per heavy atom. The van der Waals surface area contributed by atoms with Crippen LogP contribution in [0, 0.1) is 5.92 Å². The average molecular weight is 340 g/mol. The molecule has 2 aliphatic rings. The third kappa shape index (κ3) is 3.25. The molecule has 2 heterocycles. The largest absolute Gasteiger partial charge is 0.356 e. The predicted octanol–water partition coefficient (Wildman–Crippen LogP) is 1.63. The molecule has 4 rings (SSSR count). The number of imidazole rings is 1. The van der Waals surface area contributed by atoms with Gasteiger partial charge in [-0.05, 0) is 31.4 Å². The van der Waals surface area contributed by atoms with Crippen molar-refractivity contribution in [3.05, 3.63) is 30.1 Å². The SMILES string of the molecule is Cn1c(CCCNC(=O)[C@@H]2CC(=O)N(C3CC3)C2)nc2ccccc21. The summed E-state index contributed by atoms with van der Waals surface area (Å²) in [5.41, 5.74) is 2.14. The molecular weight excluding hydrogens is 316 g/mol. The van der Waals surface area contributed by atoms with Crippen molar-refractivity contribution in [2.24, 2.45) is 13.0 Å². The molecule has 0 bridgehead atoms. The van der Waals surface area contributed by atoms with E-state index in [0.29, 0.717) is 25.6 Å². The zero-order valence-corrected chi connectivity index (χ0v) is 14.6. The molecule has 1 aromatic heterocycles. The highest BCUT2D eigenvalue weighted by Gasteiger charge is 2.41. The van der Waals surface area contributed by atoms with E-state index in [2.05, 4.69) is 20.9 Å². The van der Waals surface area contributed by atoms with Crippen molar-refractivity contribution in [3.8, 4) is 0 Å². The molecule has 25 heavy (non-hydrogen) atoms. The van der Waals surface area contributed by atoms with E-state index in [4.69, 9.17) is 0 Å². The number of hydrogen-bond acceptors (Lipinski definition) is 3. The summed E-state index contributed by atoms with van der Waals surface area (Å²) in [5, 5.41) is 2.99. The van der Waals surface area contributed by atoms with Crippen molar-refractivity contribution >= 4 is 22.8 Å². The first kappa shape index (κ1) is 16.1. The van der Waals surface area contributed by atoms with Crippen LogP contribution < -0.4 is 5.32 Å². The third-order valence-corrected chi connectivity index (χ3v) is 5.27. The zero-order chi connectivity index (χ0) is 17.4. The van der Waals surface area contributed by atoms with E-state index in [0.717, 1.165) is 42.5 Å². The first-order valence-corrected chi connectivity index (χ1v) is 9.11. The lowest BCUT2D eigenvalue weighted by molar-refractivity contribution is -0.129. The molecular formula is C19H24N4O2. The molecule has 2 amide bonds. The Hall–Kier alpha value is -2.37. The minimum atomic E-state index is -0.177. The zero-order valence-electron chi connectivity index (χ0n) is 14.6. The van der Waals surface area contributed by atoms with Crippen LogP contribution in [-0.4, -0.2) is 45.4 Å². The topological polar surface area (TPSA) is 67.2 Å². The molecule has 1 N–H and O–H groups in total. The lowest BCUT2D eigenvalue weighted by atomic mass is 10.1. The summed E-state index contributed by atoms with van der Waals surface area (Å²) in [7, 11) is 2.03. The molecule has 1 saturated carbocycles. The number of hydrogen-bond donors (Lipinski definition) is 1. The fraction of sp³-hybridized carbons (Fsp3) is 0.526. The quantitative estimate of drug-likeness (QED) is 0.813. The van der Waals surface area contributed by atoms with Crippen LogP contribution in [0.1, 0.15) is 31.5 Å². The van der Waals surface area contributed by atoms with Crippen LogP contribution in [-0.2, 0) is 23.1 Å². The van der Waals surface area contributed by atoms with Gasteiger partial charge >= 0.3 is 0 Å². The van der Waals surface area contributed by atoms with E-state index in [1.54, 1.807) is 0 Å². The fourth-order valence-corrected chi connectivity index (χ4v) is 3.67. The maximum Gasteiger partial charge on any atom is 0.225 e. The molecule has 132 valence electrons. The molecule has 0 radical (unpaired) electrons. The van der Waals surface area contributed by atoms with Gasteiger partial charge in [-0.25, -0.2) is 4.98 Å². The van der Waals surface area contributed by atoms with Crippen molar-refractivity contribution < 1.29 is 9.59 Å². The minimum Gasteiger partial charge on any atom is -0.356 e.